The summed E-state index contributed by atoms with van der Waals surface area (Å²) in [5.41, 5.74) is 0.671. The van der Waals surface area contributed by atoms with Gasteiger partial charge in [0.05, 0.1) is 31.3 Å². The van der Waals surface area contributed by atoms with Gasteiger partial charge in [0.15, 0.2) is 6.61 Å². The predicted molar refractivity (Wildman–Crippen MR) is 111 cm³/mol. The Balaban J connectivity index is 1.43. The summed E-state index contributed by atoms with van der Waals surface area (Å²) in [5, 5.41) is 2.85. The molecule has 1 aromatic carbocycles. The standard InChI is InChI=1S/C20H31N3O6S/c1-17-15-18(30(25,26)23-9-13-28-14-10-23)3-4-19(17)29-16-20(24)21-5-2-6-22-7-11-27-12-8-22/h3-4,15H,2,5-14,16H2,1H3,(H,21,24). The summed E-state index contributed by atoms with van der Waals surface area (Å²) in [4.78, 5) is 14.6. The topological polar surface area (TPSA) is 97.4 Å². The molecule has 1 aromatic rings. The van der Waals surface area contributed by atoms with Crippen LogP contribution in [0.4, 0.5) is 0 Å². The zero-order valence-electron chi connectivity index (χ0n) is 17.5. The van der Waals surface area contributed by atoms with Gasteiger partial charge in [-0.2, -0.15) is 4.31 Å². The summed E-state index contributed by atoms with van der Waals surface area (Å²) in [6.45, 7) is 8.12. The number of sulfonamides is 1. The Morgan fingerprint density at radius 2 is 1.77 bits per heavy atom. The number of ether oxygens (including phenoxy) is 3. The molecule has 30 heavy (non-hydrogen) atoms. The molecule has 0 aliphatic carbocycles. The van der Waals surface area contributed by atoms with E-state index in [-0.39, 0.29) is 17.4 Å². The third-order valence-electron chi connectivity index (χ3n) is 5.19. The van der Waals surface area contributed by atoms with Gasteiger partial charge in [-0.25, -0.2) is 8.42 Å². The van der Waals surface area contributed by atoms with Crippen LogP contribution in [0.5, 0.6) is 5.75 Å². The number of amides is 1. The molecule has 0 bridgehead atoms. The molecule has 2 heterocycles. The van der Waals surface area contributed by atoms with Gasteiger partial charge in [-0.3, -0.25) is 9.69 Å². The monoisotopic (exact) mass is 441 g/mol. The molecule has 2 saturated heterocycles. The largest absolute Gasteiger partial charge is 0.484 e. The first-order valence-electron chi connectivity index (χ1n) is 10.3. The fourth-order valence-electron chi connectivity index (χ4n) is 3.43. The maximum absolute atomic E-state index is 12.7. The average Bonchev–Trinajstić information content (AvgIpc) is 2.77. The van der Waals surface area contributed by atoms with Crippen molar-refractivity contribution in [1.29, 1.82) is 0 Å². The molecule has 0 saturated carbocycles. The average molecular weight is 442 g/mol. The quantitative estimate of drug-likeness (QED) is 0.548. The van der Waals surface area contributed by atoms with E-state index in [9.17, 15) is 13.2 Å². The maximum Gasteiger partial charge on any atom is 0.257 e. The summed E-state index contributed by atoms with van der Waals surface area (Å²) in [7, 11) is -3.55. The normalized spacial score (nSPS) is 18.8. The lowest BCUT2D eigenvalue weighted by molar-refractivity contribution is -0.123. The van der Waals surface area contributed by atoms with E-state index in [1.807, 2.05) is 0 Å². The lowest BCUT2D eigenvalue weighted by atomic mass is 10.2. The van der Waals surface area contributed by atoms with E-state index in [0.29, 0.717) is 44.2 Å². The van der Waals surface area contributed by atoms with Crippen molar-refractivity contribution in [3.05, 3.63) is 23.8 Å². The van der Waals surface area contributed by atoms with Crippen LogP contribution in [-0.4, -0.2) is 95.8 Å². The Bertz CT molecular complexity index is 805. The van der Waals surface area contributed by atoms with E-state index in [4.69, 9.17) is 14.2 Å². The van der Waals surface area contributed by atoms with Gasteiger partial charge in [0.1, 0.15) is 5.75 Å². The first-order valence-corrected chi connectivity index (χ1v) is 11.8. The van der Waals surface area contributed by atoms with E-state index in [2.05, 4.69) is 10.2 Å². The zero-order chi connectivity index (χ0) is 21.4. The second kappa shape index (κ2) is 11.1. The molecule has 10 heteroatoms. The van der Waals surface area contributed by atoms with E-state index in [1.54, 1.807) is 19.1 Å². The third-order valence-corrected chi connectivity index (χ3v) is 7.08. The van der Waals surface area contributed by atoms with Crippen LogP contribution in [0.2, 0.25) is 0 Å². The van der Waals surface area contributed by atoms with Crippen molar-refractivity contribution in [3.8, 4) is 5.75 Å². The number of nitrogens with one attached hydrogen (secondary N) is 1. The number of rotatable bonds is 9. The first kappa shape index (κ1) is 23.0. The Hall–Kier alpha value is -1.72. The molecular formula is C20H31N3O6S. The fraction of sp³-hybridized carbons (Fsp3) is 0.650. The number of morpholine rings is 2. The number of nitrogens with zero attached hydrogens (tertiary/aromatic N) is 2. The maximum atomic E-state index is 12.7. The zero-order valence-corrected chi connectivity index (χ0v) is 18.3. The highest BCUT2D eigenvalue weighted by Gasteiger charge is 2.26. The van der Waals surface area contributed by atoms with Gasteiger partial charge in [-0.05, 0) is 43.7 Å². The molecule has 168 valence electrons. The number of carbonyl (C=O) groups is 1. The first-order chi connectivity index (χ1) is 14.5. The molecular weight excluding hydrogens is 410 g/mol. The Labute approximate surface area is 178 Å². The van der Waals surface area contributed by atoms with Crippen molar-refractivity contribution in [2.24, 2.45) is 0 Å². The molecule has 2 aliphatic rings. The molecule has 1 amide bonds. The number of benzene rings is 1. The summed E-state index contributed by atoms with van der Waals surface area (Å²) < 4.78 is 43.0. The second-order valence-corrected chi connectivity index (χ2v) is 9.33. The molecule has 0 spiro atoms. The minimum absolute atomic E-state index is 0.103. The Kier molecular flexibility index (Phi) is 8.46. The fourth-order valence-corrected chi connectivity index (χ4v) is 4.92. The summed E-state index contributed by atoms with van der Waals surface area (Å²) in [6.07, 6.45) is 0.874. The van der Waals surface area contributed by atoms with Gasteiger partial charge in [0, 0.05) is 32.7 Å². The predicted octanol–water partition coefficient (Wildman–Crippen LogP) is 0.233. The highest BCUT2D eigenvalue weighted by Crippen LogP contribution is 2.24. The second-order valence-electron chi connectivity index (χ2n) is 7.39. The number of hydrogen-bond acceptors (Lipinski definition) is 7. The van der Waals surface area contributed by atoms with Crippen molar-refractivity contribution in [2.75, 3.05) is 72.3 Å². The van der Waals surface area contributed by atoms with E-state index in [1.165, 1.54) is 10.4 Å². The van der Waals surface area contributed by atoms with E-state index >= 15 is 0 Å². The third kappa shape index (κ3) is 6.39. The molecule has 0 unspecified atom stereocenters. The number of carbonyl (C=O) groups excluding carboxylic acids is 1. The van der Waals surface area contributed by atoms with Gasteiger partial charge in [0.25, 0.3) is 5.91 Å². The summed E-state index contributed by atoms with van der Waals surface area (Å²) in [6, 6.07) is 4.71. The van der Waals surface area contributed by atoms with Crippen LogP contribution < -0.4 is 10.1 Å². The van der Waals surface area contributed by atoms with E-state index < -0.39 is 10.0 Å². The minimum Gasteiger partial charge on any atom is -0.484 e. The smallest absolute Gasteiger partial charge is 0.257 e. The van der Waals surface area contributed by atoms with E-state index in [0.717, 1.165) is 39.3 Å². The summed E-state index contributed by atoms with van der Waals surface area (Å²) >= 11 is 0. The Morgan fingerprint density at radius 3 is 2.43 bits per heavy atom. The molecule has 9 nitrogen and oxygen atoms in total. The lowest BCUT2D eigenvalue weighted by Crippen LogP contribution is -2.40. The SMILES string of the molecule is Cc1cc(S(=O)(=O)N2CCOCC2)ccc1OCC(=O)NCCCN1CCOCC1. The van der Waals surface area contributed by atoms with Crippen LogP contribution in [0.15, 0.2) is 23.1 Å². The molecule has 0 atom stereocenters. The molecule has 3 rings (SSSR count). The highest BCUT2D eigenvalue weighted by molar-refractivity contribution is 7.89. The van der Waals surface area contributed by atoms with Crippen LogP contribution in [-0.2, 0) is 24.3 Å². The van der Waals surface area contributed by atoms with Gasteiger partial charge in [-0.15, -0.1) is 0 Å². The van der Waals surface area contributed by atoms with Crippen molar-refractivity contribution < 1.29 is 27.4 Å². The van der Waals surface area contributed by atoms with Gasteiger partial charge >= 0.3 is 0 Å². The summed E-state index contributed by atoms with van der Waals surface area (Å²) in [5.74, 6) is 0.306. The molecule has 0 radical (unpaired) electrons. The number of aryl methyl sites for hydroxylation is 1. The van der Waals surface area contributed by atoms with Crippen molar-refractivity contribution in [2.45, 2.75) is 18.2 Å². The van der Waals surface area contributed by atoms with Crippen LogP contribution in [0.1, 0.15) is 12.0 Å². The van der Waals surface area contributed by atoms with Crippen LogP contribution >= 0.6 is 0 Å². The van der Waals surface area contributed by atoms with Crippen LogP contribution in [0.3, 0.4) is 0 Å². The molecule has 0 aromatic heterocycles. The lowest BCUT2D eigenvalue weighted by Gasteiger charge is -2.26. The van der Waals surface area contributed by atoms with Crippen molar-refractivity contribution in [1.82, 2.24) is 14.5 Å². The number of hydrogen-bond donors (Lipinski definition) is 1. The highest BCUT2D eigenvalue weighted by atomic mass is 32.2. The molecule has 2 aliphatic heterocycles. The van der Waals surface area contributed by atoms with Crippen molar-refractivity contribution >= 4 is 15.9 Å². The van der Waals surface area contributed by atoms with Gasteiger partial charge in [0.2, 0.25) is 10.0 Å². The van der Waals surface area contributed by atoms with Crippen LogP contribution in [0, 0.1) is 6.92 Å². The molecule has 2 fully saturated rings. The van der Waals surface area contributed by atoms with Gasteiger partial charge in [-0.1, -0.05) is 0 Å². The van der Waals surface area contributed by atoms with Crippen LogP contribution in [0.25, 0.3) is 0 Å². The minimum atomic E-state index is -3.55. The van der Waals surface area contributed by atoms with Crippen molar-refractivity contribution in [3.63, 3.8) is 0 Å². The van der Waals surface area contributed by atoms with Gasteiger partial charge < -0.3 is 19.5 Å². The Morgan fingerprint density at radius 1 is 1.10 bits per heavy atom. The molecule has 1 N–H and O–H groups in total.